The Labute approximate surface area is 180 Å². The Morgan fingerprint density at radius 1 is 1.26 bits per heavy atom. The number of amides is 1. The maximum Gasteiger partial charge on any atom is 0.245 e. The highest BCUT2D eigenvalue weighted by Crippen LogP contribution is 2.30. The number of carbonyl (C=O) groups is 1. The summed E-state index contributed by atoms with van der Waals surface area (Å²) in [5.41, 5.74) is 2.16. The van der Waals surface area contributed by atoms with E-state index in [2.05, 4.69) is 25.3 Å². The fourth-order valence-electron chi connectivity index (χ4n) is 4.44. The second kappa shape index (κ2) is 7.84. The summed E-state index contributed by atoms with van der Waals surface area (Å²) < 4.78 is 7.65. The maximum absolute atomic E-state index is 13.2. The minimum atomic E-state index is -0.379. The minimum Gasteiger partial charge on any atom is -0.374 e. The molecule has 0 aliphatic carbocycles. The van der Waals surface area contributed by atoms with E-state index in [0.717, 1.165) is 17.8 Å². The Morgan fingerprint density at radius 3 is 2.71 bits per heavy atom. The molecule has 162 valence electrons. The van der Waals surface area contributed by atoms with E-state index < -0.39 is 0 Å². The Morgan fingerprint density at radius 2 is 2.06 bits per heavy atom. The molecule has 0 aromatic carbocycles. The lowest BCUT2D eigenvalue weighted by molar-refractivity contribution is -0.136. The highest BCUT2D eigenvalue weighted by molar-refractivity contribution is 5.90. The average Bonchev–Trinajstić information content (AvgIpc) is 3.51. The molecule has 2 aliphatic rings. The van der Waals surface area contributed by atoms with E-state index in [4.69, 9.17) is 9.72 Å². The van der Waals surface area contributed by atoms with Gasteiger partial charge in [-0.25, -0.2) is 24.9 Å². The third kappa shape index (κ3) is 3.40. The zero-order valence-electron chi connectivity index (χ0n) is 17.9. The van der Waals surface area contributed by atoms with Gasteiger partial charge in [0.1, 0.15) is 24.0 Å². The average molecular weight is 422 g/mol. The molecule has 2 fully saturated rings. The largest absolute Gasteiger partial charge is 0.374 e. The zero-order chi connectivity index (χ0) is 21.5. The van der Waals surface area contributed by atoms with Gasteiger partial charge < -0.3 is 19.5 Å². The van der Waals surface area contributed by atoms with E-state index in [1.807, 2.05) is 30.2 Å². The molecular formula is C21H26N8O2. The molecule has 2 bridgehead atoms. The Hall–Kier alpha value is -3.14. The van der Waals surface area contributed by atoms with Gasteiger partial charge in [-0.05, 0) is 26.7 Å². The molecule has 5 heterocycles. The van der Waals surface area contributed by atoms with Crippen molar-refractivity contribution in [2.24, 2.45) is 0 Å². The molecule has 1 amide bonds. The highest BCUT2D eigenvalue weighted by Gasteiger charge is 2.43. The summed E-state index contributed by atoms with van der Waals surface area (Å²) in [5.74, 6) is 2.09. The van der Waals surface area contributed by atoms with Gasteiger partial charge in [-0.2, -0.15) is 0 Å². The number of anilines is 1. The summed E-state index contributed by atoms with van der Waals surface area (Å²) in [5, 5.41) is 3.34. The van der Waals surface area contributed by atoms with Gasteiger partial charge in [0, 0.05) is 25.5 Å². The van der Waals surface area contributed by atoms with Crippen molar-refractivity contribution in [2.45, 2.75) is 58.3 Å². The molecule has 0 saturated carbocycles. The topological polar surface area (TPSA) is 111 Å². The van der Waals surface area contributed by atoms with Crippen LogP contribution in [0.5, 0.6) is 0 Å². The number of likely N-dealkylation sites (tertiary alicyclic amines) is 1. The van der Waals surface area contributed by atoms with Gasteiger partial charge in [-0.1, -0.05) is 6.92 Å². The van der Waals surface area contributed by atoms with E-state index in [-0.39, 0.29) is 24.1 Å². The first-order valence-electron chi connectivity index (χ1n) is 10.8. The van der Waals surface area contributed by atoms with Crippen molar-refractivity contribution in [1.29, 1.82) is 0 Å². The molecule has 3 aromatic heterocycles. The quantitative estimate of drug-likeness (QED) is 0.640. The van der Waals surface area contributed by atoms with Gasteiger partial charge in [0.25, 0.3) is 0 Å². The standard InChI is InChI=1S/C21H26N8O2/c1-4-16(21(30)29-9-15-6-14(29)10-31-15)26-18-17-20(25-11-24-18)28(5-2)19(27-17)13-7-22-12(3)23-8-13/h7-8,11,14-16H,4-6,9-10H2,1-3H3,(H,24,25,26)/t14-,15+,16+/m1/s1. The predicted octanol–water partition coefficient (Wildman–Crippen LogP) is 1.80. The summed E-state index contributed by atoms with van der Waals surface area (Å²) >= 11 is 0. The first-order valence-corrected chi connectivity index (χ1v) is 10.8. The van der Waals surface area contributed by atoms with Gasteiger partial charge >= 0.3 is 0 Å². The number of imidazole rings is 1. The van der Waals surface area contributed by atoms with Gasteiger partial charge in [-0.3, -0.25) is 4.79 Å². The minimum absolute atomic E-state index is 0.0899. The molecule has 3 aromatic rings. The summed E-state index contributed by atoms with van der Waals surface area (Å²) in [6.45, 7) is 7.87. The predicted molar refractivity (Wildman–Crippen MR) is 114 cm³/mol. The Bertz CT molecular complexity index is 1110. The van der Waals surface area contributed by atoms with Gasteiger partial charge in [0.2, 0.25) is 5.91 Å². The monoisotopic (exact) mass is 422 g/mol. The molecule has 1 N–H and O–H groups in total. The lowest BCUT2D eigenvalue weighted by atomic mass is 10.1. The van der Waals surface area contributed by atoms with Crippen molar-refractivity contribution in [1.82, 2.24) is 34.4 Å². The number of hydrogen-bond donors (Lipinski definition) is 1. The Kier molecular flexibility index (Phi) is 5.01. The molecule has 2 aliphatic heterocycles. The van der Waals surface area contributed by atoms with Crippen LogP contribution in [-0.4, -0.2) is 71.6 Å². The number of morpholine rings is 1. The molecule has 31 heavy (non-hydrogen) atoms. The van der Waals surface area contributed by atoms with Crippen LogP contribution in [0, 0.1) is 6.92 Å². The SMILES string of the molecule is CC[C@H](Nc1ncnc2c1nc(-c1cnc(C)nc1)n2CC)C(=O)N1C[C@@H]2C[C@@H]1CO2. The fourth-order valence-corrected chi connectivity index (χ4v) is 4.44. The second-order valence-corrected chi connectivity index (χ2v) is 8.03. The molecule has 10 nitrogen and oxygen atoms in total. The lowest BCUT2D eigenvalue weighted by Crippen LogP contribution is -2.48. The summed E-state index contributed by atoms with van der Waals surface area (Å²) in [4.78, 5) is 37.5. The third-order valence-corrected chi connectivity index (χ3v) is 6.09. The molecule has 5 rings (SSSR count). The Balaban J connectivity index is 1.48. The van der Waals surface area contributed by atoms with Crippen LogP contribution in [0.25, 0.3) is 22.6 Å². The fraction of sp³-hybridized carbons (Fsp3) is 0.524. The normalized spacial score (nSPS) is 21.1. The number of aromatic nitrogens is 6. The number of fused-ring (bicyclic) bond motifs is 3. The van der Waals surface area contributed by atoms with Gasteiger partial charge in [-0.15, -0.1) is 0 Å². The molecule has 0 spiro atoms. The van der Waals surface area contributed by atoms with Crippen LogP contribution >= 0.6 is 0 Å². The van der Waals surface area contributed by atoms with Gasteiger partial charge in [0.15, 0.2) is 17.0 Å². The van der Waals surface area contributed by atoms with Crippen molar-refractivity contribution in [3.63, 3.8) is 0 Å². The van der Waals surface area contributed by atoms with Crippen LogP contribution in [0.1, 0.15) is 32.5 Å². The summed E-state index contributed by atoms with van der Waals surface area (Å²) in [6, 6.07) is -0.193. The highest BCUT2D eigenvalue weighted by atomic mass is 16.5. The number of hydrogen-bond acceptors (Lipinski definition) is 8. The lowest BCUT2D eigenvalue weighted by Gasteiger charge is -2.30. The second-order valence-electron chi connectivity index (χ2n) is 8.03. The van der Waals surface area contributed by atoms with E-state index in [0.29, 0.717) is 48.9 Å². The van der Waals surface area contributed by atoms with Gasteiger partial charge in [0.05, 0.1) is 24.3 Å². The van der Waals surface area contributed by atoms with Crippen molar-refractivity contribution in [3.05, 3.63) is 24.5 Å². The molecule has 0 unspecified atom stereocenters. The first kappa shape index (κ1) is 19.8. The van der Waals surface area contributed by atoms with Crippen LogP contribution < -0.4 is 5.32 Å². The number of nitrogens with one attached hydrogen (secondary N) is 1. The van der Waals surface area contributed by atoms with E-state index in [1.165, 1.54) is 6.33 Å². The number of rotatable bonds is 6. The van der Waals surface area contributed by atoms with Crippen LogP contribution in [0.2, 0.25) is 0 Å². The molecule has 3 atom stereocenters. The van der Waals surface area contributed by atoms with Crippen LogP contribution in [-0.2, 0) is 16.1 Å². The zero-order valence-corrected chi connectivity index (χ0v) is 17.9. The molecule has 0 radical (unpaired) electrons. The van der Waals surface area contributed by atoms with Crippen molar-refractivity contribution in [2.75, 3.05) is 18.5 Å². The van der Waals surface area contributed by atoms with Crippen LogP contribution in [0.15, 0.2) is 18.7 Å². The van der Waals surface area contributed by atoms with E-state index >= 15 is 0 Å². The van der Waals surface area contributed by atoms with Crippen LogP contribution in [0.3, 0.4) is 0 Å². The molecule has 2 saturated heterocycles. The van der Waals surface area contributed by atoms with E-state index in [1.54, 1.807) is 12.4 Å². The van der Waals surface area contributed by atoms with E-state index in [9.17, 15) is 4.79 Å². The van der Waals surface area contributed by atoms with Crippen LogP contribution in [0.4, 0.5) is 5.82 Å². The van der Waals surface area contributed by atoms with Crippen molar-refractivity contribution >= 4 is 22.9 Å². The number of aryl methyl sites for hydroxylation is 2. The van der Waals surface area contributed by atoms with Crippen molar-refractivity contribution < 1.29 is 9.53 Å². The first-order chi connectivity index (χ1) is 15.1. The molecule has 10 heteroatoms. The summed E-state index contributed by atoms with van der Waals surface area (Å²) in [6.07, 6.45) is 6.79. The third-order valence-electron chi connectivity index (χ3n) is 6.09. The van der Waals surface area contributed by atoms with Crippen molar-refractivity contribution in [3.8, 4) is 11.4 Å². The summed E-state index contributed by atoms with van der Waals surface area (Å²) in [7, 11) is 0. The number of nitrogens with zero attached hydrogens (tertiary/aromatic N) is 7. The number of ether oxygens (including phenoxy) is 1. The smallest absolute Gasteiger partial charge is 0.245 e. The molecular weight excluding hydrogens is 396 g/mol. The maximum atomic E-state index is 13.2. The number of carbonyl (C=O) groups excluding carboxylic acids is 1.